The second-order valence-electron chi connectivity index (χ2n) is 11.3. The Kier molecular flexibility index (Phi) is 6.89. The molecule has 6 aromatic carbocycles. The Morgan fingerprint density at radius 2 is 0.977 bits per heavy atom. The molecule has 2 aliphatic carbocycles. The Balaban J connectivity index is 1.70. The lowest BCUT2D eigenvalue weighted by molar-refractivity contribution is 0.197. The van der Waals surface area contributed by atoms with Gasteiger partial charge in [-0.15, -0.1) is 0 Å². The van der Waals surface area contributed by atoms with E-state index in [0.29, 0.717) is 0 Å². The van der Waals surface area contributed by atoms with Gasteiger partial charge in [-0.05, 0) is 79.2 Å². The fourth-order valence-electron chi connectivity index (χ4n) is 7.57. The summed E-state index contributed by atoms with van der Waals surface area (Å²) in [5, 5.41) is 26.0. The van der Waals surface area contributed by atoms with Crippen LogP contribution < -0.4 is 9.47 Å². The molecule has 4 nitrogen and oxygen atoms in total. The van der Waals surface area contributed by atoms with Crippen molar-refractivity contribution in [1.29, 1.82) is 0 Å². The minimum atomic E-state index is -0.722. The van der Waals surface area contributed by atoms with E-state index >= 15 is 0 Å². The first-order valence-electron chi connectivity index (χ1n) is 14.7. The maximum Gasteiger partial charge on any atom is 0.118 e. The highest BCUT2D eigenvalue weighted by Gasteiger charge is 2.43. The molecule has 43 heavy (non-hydrogen) atoms. The molecule has 0 fully saturated rings. The molecule has 214 valence electrons. The molecule has 0 spiro atoms. The van der Waals surface area contributed by atoms with Crippen molar-refractivity contribution < 1.29 is 19.7 Å². The smallest absolute Gasteiger partial charge is 0.118 e. The van der Waals surface area contributed by atoms with Gasteiger partial charge in [-0.1, -0.05) is 97.1 Å². The Bertz CT molecular complexity index is 1860. The molecule has 0 heterocycles. The monoisotopic (exact) mass is 566 g/mol. The SMILES string of the molecule is COc1ccc(C(c2ccccc2)(c2ccc(OC)cc2)c2cccc3c4c5ccccc5c(c23)[C@H](CO)[C@H]4CO)cc1. The first-order valence-corrected chi connectivity index (χ1v) is 14.7. The lowest BCUT2D eigenvalue weighted by Gasteiger charge is -2.41. The molecule has 6 aromatic rings. The highest BCUT2D eigenvalue weighted by Crippen LogP contribution is 2.56. The largest absolute Gasteiger partial charge is 0.497 e. The van der Waals surface area contributed by atoms with Crippen molar-refractivity contribution in [3.8, 4) is 11.5 Å². The van der Waals surface area contributed by atoms with Gasteiger partial charge < -0.3 is 19.7 Å². The summed E-state index contributed by atoms with van der Waals surface area (Å²) in [6, 6.07) is 42.3. The van der Waals surface area contributed by atoms with Crippen molar-refractivity contribution >= 4 is 21.5 Å². The van der Waals surface area contributed by atoms with Gasteiger partial charge in [0.15, 0.2) is 0 Å². The number of hydrogen-bond acceptors (Lipinski definition) is 4. The molecule has 0 saturated carbocycles. The van der Waals surface area contributed by atoms with Gasteiger partial charge in [-0.3, -0.25) is 0 Å². The van der Waals surface area contributed by atoms with Crippen LogP contribution in [0.5, 0.6) is 11.5 Å². The van der Waals surface area contributed by atoms with E-state index in [1.807, 2.05) is 30.3 Å². The summed E-state index contributed by atoms with van der Waals surface area (Å²) in [5.41, 5.74) is 5.92. The van der Waals surface area contributed by atoms with E-state index in [1.165, 1.54) is 0 Å². The topological polar surface area (TPSA) is 58.9 Å². The number of aliphatic hydroxyl groups is 2. The van der Waals surface area contributed by atoms with E-state index < -0.39 is 5.41 Å². The van der Waals surface area contributed by atoms with E-state index in [9.17, 15) is 10.2 Å². The van der Waals surface area contributed by atoms with Crippen LogP contribution in [0.2, 0.25) is 0 Å². The predicted molar refractivity (Wildman–Crippen MR) is 173 cm³/mol. The van der Waals surface area contributed by atoms with E-state index in [4.69, 9.17) is 9.47 Å². The highest BCUT2D eigenvalue weighted by atomic mass is 16.5. The minimum Gasteiger partial charge on any atom is -0.497 e. The van der Waals surface area contributed by atoms with Crippen molar-refractivity contribution in [3.63, 3.8) is 0 Å². The van der Waals surface area contributed by atoms with E-state index in [1.54, 1.807) is 14.2 Å². The van der Waals surface area contributed by atoms with Gasteiger partial charge in [-0.25, -0.2) is 0 Å². The second-order valence-corrected chi connectivity index (χ2v) is 11.3. The highest BCUT2D eigenvalue weighted by molar-refractivity contribution is 6.11. The molecular weight excluding hydrogens is 532 g/mol. The van der Waals surface area contributed by atoms with Crippen LogP contribution in [0.3, 0.4) is 0 Å². The normalized spacial score (nSPS) is 16.1. The average Bonchev–Trinajstić information content (AvgIpc) is 3.09. The second kappa shape index (κ2) is 10.9. The van der Waals surface area contributed by atoms with Gasteiger partial charge >= 0.3 is 0 Å². The third-order valence-corrected chi connectivity index (χ3v) is 9.41. The summed E-state index contributed by atoms with van der Waals surface area (Å²) in [5.74, 6) is 1.19. The molecule has 0 radical (unpaired) electrons. The summed E-state index contributed by atoms with van der Waals surface area (Å²) < 4.78 is 11.2. The van der Waals surface area contributed by atoms with Crippen LogP contribution in [0.1, 0.15) is 45.2 Å². The van der Waals surface area contributed by atoms with Crippen LogP contribution >= 0.6 is 0 Å². The molecule has 2 bridgehead atoms. The summed E-state index contributed by atoms with van der Waals surface area (Å²) in [4.78, 5) is 0. The molecule has 4 heteroatoms. The molecule has 0 saturated heterocycles. The zero-order valence-electron chi connectivity index (χ0n) is 24.3. The Morgan fingerprint density at radius 1 is 0.512 bits per heavy atom. The number of hydrogen-bond donors (Lipinski definition) is 2. The van der Waals surface area contributed by atoms with Crippen molar-refractivity contribution in [2.45, 2.75) is 17.3 Å². The summed E-state index contributed by atoms with van der Waals surface area (Å²) in [6.07, 6.45) is 0. The number of fused-ring (bicyclic) bond motifs is 1. The number of rotatable bonds is 8. The maximum absolute atomic E-state index is 10.9. The Labute approximate surface area is 251 Å². The van der Waals surface area contributed by atoms with E-state index in [0.717, 1.165) is 66.4 Å². The summed E-state index contributed by atoms with van der Waals surface area (Å²) in [6.45, 7) is -0.0710. The van der Waals surface area contributed by atoms with Crippen LogP contribution in [-0.4, -0.2) is 37.6 Å². The third kappa shape index (κ3) is 3.98. The molecular formula is C39H34O4. The fourth-order valence-corrected chi connectivity index (χ4v) is 7.57. The first kappa shape index (κ1) is 27.2. The molecule has 2 aliphatic rings. The van der Waals surface area contributed by atoms with Gasteiger partial charge in [0, 0.05) is 11.8 Å². The fraction of sp³-hybridized carbons (Fsp3) is 0.179. The van der Waals surface area contributed by atoms with Crippen LogP contribution in [-0.2, 0) is 5.41 Å². The van der Waals surface area contributed by atoms with Crippen molar-refractivity contribution in [2.75, 3.05) is 27.4 Å². The molecule has 0 amide bonds. The lowest BCUT2D eigenvalue weighted by Crippen LogP contribution is -2.33. The Hall–Kier alpha value is -4.64. The minimum absolute atomic E-state index is 0.0250. The zero-order valence-corrected chi connectivity index (χ0v) is 24.3. The van der Waals surface area contributed by atoms with Gasteiger partial charge in [-0.2, -0.15) is 0 Å². The maximum atomic E-state index is 10.9. The lowest BCUT2D eigenvalue weighted by atomic mass is 9.61. The Morgan fingerprint density at radius 3 is 1.51 bits per heavy atom. The van der Waals surface area contributed by atoms with E-state index in [2.05, 4.69) is 91.0 Å². The molecule has 2 atom stereocenters. The van der Waals surface area contributed by atoms with Gasteiger partial charge in [0.1, 0.15) is 11.5 Å². The van der Waals surface area contributed by atoms with Crippen LogP contribution in [0.4, 0.5) is 0 Å². The molecule has 2 N–H and O–H groups in total. The first-order chi connectivity index (χ1) is 21.2. The summed E-state index contributed by atoms with van der Waals surface area (Å²) >= 11 is 0. The molecule has 0 aromatic heterocycles. The number of methoxy groups -OCH3 is 2. The zero-order chi connectivity index (χ0) is 29.6. The van der Waals surface area contributed by atoms with Crippen molar-refractivity contribution in [2.24, 2.45) is 0 Å². The van der Waals surface area contributed by atoms with Crippen LogP contribution in [0.25, 0.3) is 21.5 Å². The molecule has 8 rings (SSSR count). The number of benzene rings is 6. The number of ether oxygens (including phenoxy) is 2. The van der Waals surface area contributed by atoms with Crippen LogP contribution in [0.15, 0.2) is 121 Å². The standard InChI is InChI=1S/C39H34O4/c1-42-28-19-15-26(16-20-28)39(25-9-4-3-5-10-25,27-17-21-29(43-2)22-18-27)35-14-8-13-32-36-30-11-6-7-12-31(30)37(38(32)35)34(24-41)33(36)23-40/h3-22,33-34,40-41H,23-24H2,1-2H3/t33-,34-/m1/s1. The van der Waals surface area contributed by atoms with Gasteiger partial charge in [0.05, 0.1) is 32.8 Å². The molecule has 0 aliphatic heterocycles. The van der Waals surface area contributed by atoms with Gasteiger partial charge in [0.2, 0.25) is 0 Å². The van der Waals surface area contributed by atoms with Crippen molar-refractivity contribution in [1.82, 2.24) is 0 Å². The van der Waals surface area contributed by atoms with Gasteiger partial charge in [0.25, 0.3) is 0 Å². The predicted octanol–water partition coefficient (Wildman–Crippen LogP) is 7.56. The van der Waals surface area contributed by atoms with Crippen molar-refractivity contribution in [3.05, 3.63) is 155 Å². The average molecular weight is 567 g/mol. The quantitative estimate of drug-likeness (QED) is 0.147. The van der Waals surface area contributed by atoms with Crippen LogP contribution in [0, 0.1) is 0 Å². The molecule has 0 unspecified atom stereocenters. The van der Waals surface area contributed by atoms with E-state index in [-0.39, 0.29) is 25.0 Å². The number of aliphatic hydroxyl groups excluding tert-OH is 2. The summed E-state index contributed by atoms with van der Waals surface area (Å²) in [7, 11) is 3.37. The third-order valence-electron chi connectivity index (χ3n) is 9.41.